The zero-order valence-corrected chi connectivity index (χ0v) is 6.27. The number of methoxy groups -OCH3 is 1. The quantitative estimate of drug-likeness (QED) is 0.656. The summed E-state index contributed by atoms with van der Waals surface area (Å²) in [5.74, 6) is -0.486. The lowest BCUT2D eigenvalue weighted by molar-refractivity contribution is 0.391. The lowest BCUT2D eigenvalue weighted by atomic mass is 10.3. The Morgan fingerprint density at radius 1 is 1.64 bits per heavy atom. The summed E-state index contributed by atoms with van der Waals surface area (Å²) in [6.45, 7) is 1.50. The predicted octanol–water partition coefficient (Wildman–Crippen LogP) is 0.831. The Kier molecular flexibility index (Phi) is 1.94. The van der Waals surface area contributed by atoms with Gasteiger partial charge < -0.3 is 9.72 Å². The van der Waals surface area contributed by atoms with Gasteiger partial charge >= 0.3 is 0 Å². The smallest absolute Gasteiger partial charge is 0.223 e. The Labute approximate surface area is 62.8 Å². The van der Waals surface area contributed by atoms with E-state index in [1.165, 1.54) is 14.0 Å². The number of ether oxygens (including phenoxy) is 1. The molecule has 1 heterocycles. The summed E-state index contributed by atoms with van der Waals surface area (Å²) in [5, 5.41) is 0. The van der Waals surface area contributed by atoms with E-state index in [0.717, 1.165) is 6.20 Å². The van der Waals surface area contributed by atoms with Gasteiger partial charge in [0.1, 0.15) is 0 Å². The molecule has 4 heteroatoms. The van der Waals surface area contributed by atoms with E-state index in [-0.39, 0.29) is 5.56 Å². The molecule has 0 fully saturated rings. The van der Waals surface area contributed by atoms with E-state index in [1.54, 1.807) is 0 Å². The van der Waals surface area contributed by atoms with Crippen LogP contribution in [0.5, 0.6) is 5.88 Å². The van der Waals surface area contributed by atoms with Crippen LogP contribution in [-0.2, 0) is 0 Å². The Bertz CT molecular complexity index is 319. The van der Waals surface area contributed by atoms with E-state index in [2.05, 4.69) is 4.98 Å². The van der Waals surface area contributed by atoms with E-state index >= 15 is 0 Å². The van der Waals surface area contributed by atoms with E-state index in [1.807, 2.05) is 0 Å². The van der Waals surface area contributed by atoms with Gasteiger partial charge in [-0.15, -0.1) is 0 Å². The molecular weight excluding hydrogens is 149 g/mol. The molecule has 0 aliphatic rings. The molecule has 0 aliphatic carbocycles. The van der Waals surface area contributed by atoms with Crippen molar-refractivity contribution in [1.82, 2.24) is 4.98 Å². The van der Waals surface area contributed by atoms with Gasteiger partial charge in [-0.2, -0.15) is 0 Å². The van der Waals surface area contributed by atoms with Gasteiger partial charge in [0.2, 0.25) is 5.43 Å². The van der Waals surface area contributed by atoms with Crippen LogP contribution in [0.15, 0.2) is 11.0 Å². The van der Waals surface area contributed by atoms with Crippen LogP contribution < -0.4 is 10.2 Å². The molecule has 0 atom stereocenters. The zero-order chi connectivity index (χ0) is 8.43. The van der Waals surface area contributed by atoms with Crippen molar-refractivity contribution in [3.63, 3.8) is 0 Å². The SMILES string of the molecule is COc1[nH]cc(F)c(=O)c1C. The minimum Gasteiger partial charge on any atom is -0.482 e. The Hall–Kier alpha value is -1.32. The highest BCUT2D eigenvalue weighted by Crippen LogP contribution is 2.07. The molecule has 0 bridgehead atoms. The first kappa shape index (κ1) is 7.78. The molecular formula is C7H8FNO2. The number of pyridine rings is 1. The van der Waals surface area contributed by atoms with E-state index in [9.17, 15) is 9.18 Å². The molecule has 0 unspecified atom stereocenters. The third-order valence-corrected chi connectivity index (χ3v) is 1.43. The third-order valence-electron chi connectivity index (χ3n) is 1.43. The van der Waals surface area contributed by atoms with Crippen molar-refractivity contribution in [2.45, 2.75) is 6.92 Å². The molecule has 0 aromatic carbocycles. The lowest BCUT2D eigenvalue weighted by Gasteiger charge is -2.01. The fourth-order valence-corrected chi connectivity index (χ4v) is 0.797. The number of H-pyrrole nitrogens is 1. The summed E-state index contributed by atoms with van der Waals surface area (Å²) < 4.78 is 17.3. The monoisotopic (exact) mass is 157 g/mol. The first-order valence-corrected chi connectivity index (χ1v) is 3.08. The fraction of sp³-hybridized carbons (Fsp3) is 0.286. The Morgan fingerprint density at radius 3 is 2.82 bits per heavy atom. The van der Waals surface area contributed by atoms with Crippen molar-refractivity contribution in [1.29, 1.82) is 0 Å². The first-order chi connectivity index (χ1) is 5.16. The van der Waals surface area contributed by atoms with Crippen LogP contribution in [0.2, 0.25) is 0 Å². The van der Waals surface area contributed by atoms with Gasteiger partial charge in [-0.25, -0.2) is 4.39 Å². The van der Waals surface area contributed by atoms with Crippen LogP contribution in [-0.4, -0.2) is 12.1 Å². The highest BCUT2D eigenvalue weighted by molar-refractivity contribution is 5.24. The topological polar surface area (TPSA) is 42.1 Å². The molecule has 0 radical (unpaired) electrons. The van der Waals surface area contributed by atoms with Crippen molar-refractivity contribution in [3.8, 4) is 5.88 Å². The Balaban J connectivity index is 3.37. The minimum atomic E-state index is -0.789. The second-order valence-electron chi connectivity index (χ2n) is 2.12. The predicted molar refractivity (Wildman–Crippen MR) is 38.3 cm³/mol. The molecule has 1 N–H and O–H groups in total. The molecule has 0 saturated carbocycles. The van der Waals surface area contributed by atoms with Crippen LogP contribution >= 0.6 is 0 Å². The fourth-order valence-electron chi connectivity index (χ4n) is 0.797. The van der Waals surface area contributed by atoms with Crippen LogP contribution in [0, 0.1) is 12.7 Å². The summed E-state index contributed by atoms with van der Waals surface area (Å²) in [6.07, 6.45) is 0.980. The Morgan fingerprint density at radius 2 is 2.27 bits per heavy atom. The normalized spacial score (nSPS) is 9.73. The van der Waals surface area contributed by atoms with Gasteiger partial charge in [0.15, 0.2) is 11.7 Å². The lowest BCUT2D eigenvalue weighted by Crippen LogP contribution is -2.11. The molecule has 1 aromatic heterocycles. The molecule has 0 spiro atoms. The largest absolute Gasteiger partial charge is 0.482 e. The maximum atomic E-state index is 12.5. The van der Waals surface area contributed by atoms with Crippen LogP contribution in [0.4, 0.5) is 4.39 Å². The molecule has 1 rings (SSSR count). The highest BCUT2D eigenvalue weighted by Gasteiger charge is 2.05. The molecule has 0 saturated heterocycles. The average Bonchev–Trinajstić information content (AvgIpc) is 2.01. The summed E-state index contributed by atoms with van der Waals surface area (Å²) in [4.78, 5) is 13.4. The van der Waals surface area contributed by atoms with Gasteiger partial charge in [-0.1, -0.05) is 0 Å². The van der Waals surface area contributed by atoms with Gasteiger partial charge in [-0.3, -0.25) is 4.79 Å². The number of aromatic amines is 1. The molecule has 0 amide bonds. The number of nitrogens with one attached hydrogen (secondary N) is 1. The molecule has 11 heavy (non-hydrogen) atoms. The van der Waals surface area contributed by atoms with E-state index in [0.29, 0.717) is 5.88 Å². The van der Waals surface area contributed by atoms with Crippen molar-refractivity contribution in [2.24, 2.45) is 0 Å². The standard InChI is InChI=1S/C7H8FNO2/c1-4-6(10)5(8)3-9-7(4)11-2/h3H,1-2H3,(H,9,10). The van der Waals surface area contributed by atoms with Crippen LogP contribution in [0.3, 0.4) is 0 Å². The number of rotatable bonds is 1. The molecule has 0 aliphatic heterocycles. The third kappa shape index (κ3) is 1.24. The summed E-state index contributed by atoms with van der Waals surface area (Å²) in [7, 11) is 1.41. The second-order valence-corrected chi connectivity index (χ2v) is 2.12. The van der Waals surface area contributed by atoms with E-state index in [4.69, 9.17) is 4.74 Å². The van der Waals surface area contributed by atoms with E-state index < -0.39 is 11.2 Å². The number of hydrogen-bond donors (Lipinski definition) is 1. The number of hydrogen-bond acceptors (Lipinski definition) is 2. The van der Waals surface area contributed by atoms with Crippen LogP contribution in [0.1, 0.15) is 5.56 Å². The van der Waals surface area contributed by atoms with Crippen molar-refractivity contribution in [2.75, 3.05) is 7.11 Å². The summed E-state index contributed by atoms with van der Waals surface area (Å²) >= 11 is 0. The minimum absolute atomic E-state index is 0.257. The highest BCUT2D eigenvalue weighted by atomic mass is 19.1. The average molecular weight is 157 g/mol. The molecule has 60 valence electrons. The summed E-state index contributed by atoms with van der Waals surface area (Å²) in [5.41, 5.74) is -0.367. The maximum Gasteiger partial charge on any atom is 0.223 e. The zero-order valence-electron chi connectivity index (χ0n) is 6.27. The van der Waals surface area contributed by atoms with Gasteiger partial charge in [0, 0.05) is 6.20 Å². The molecule has 1 aromatic rings. The number of halogens is 1. The second kappa shape index (κ2) is 2.74. The van der Waals surface area contributed by atoms with Crippen LogP contribution in [0.25, 0.3) is 0 Å². The van der Waals surface area contributed by atoms with Crippen molar-refractivity contribution < 1.29 is 9.13 Å². The van der Waals surface area contributed by atoms with Gasteiger partial charge in [-0.05, 0) is 6.92 Å². The van der Waals surface area contributed by atoms with Gasteiger partial charge in [0.25, 0.3) is 0 Å². The first-order valence-electron chi connectivity index (χ1n) is 3.08. The van der Waals surface area contributed by atoms with Gasteiger partial charge in [0.05, 0.1) is 12.7 Å². The maximum absolute atomic E-state index is 12.5. The van der Waals surface area contributed by atoms with Crippen molar-refractivity contribution >= 4 is 0 Å². The molecule has 3 nitrogen and oxygen atoms in total. The number of aromatic nitrogens is 1. The summed E-state index contributed by atoms with van der Waals surface area (Å²) in [6, 6.07) is 0. The van der Waals surface area contributed by atoms with Crippen molar-refractivity contribution in [3.05, 3.63) is 27.8 Å².